The lowest BCUT2D eigenvalue weighted by Gasteiger charge is -2.33. The Labute approximate surface area is 249 Å². The Hall–Kier alpha value is -4.05. The molecular formula is C32H41N3O6S. The monoisotopic (exact) mass is 595 g/mol. The van der Waals surface area contributed by atoms with Crippen LogP contribution >= 0.6 is 0 Å². The van der Waals surface area contributed by atoms with E-state index < -0.39 is 28.5 Å². The average Bonchev–Trinajstić information content (AvgIpc) is 3.01. The van der Waals surface area contributed by atoms with E-state index in [4.69, 9.17) is 9.47 Å². The number of nitrogens with zero attached hydrogens (tertiary/aromatic N) is 2. The first kappa shape index (κ1) is 32.5. The number of anilines is 1. The van der Waals surface area contributed by atoms with Gasteiger partial charge in [0.1, 0.15) is 12.6 Å². The highest BCUT2D eigenvalue weighted by molar-refractivity contribution is 7.92. The van der Waals surface area contributed by atoms with Crippen LogP contribution < -0.4 is 19.1 Å². The molecule has 10 heteroatoms. The lowest BCUT2D eigenvalue weighted by atomic mass is 10.1. The zero-order valence-corrected chi connectivity index (χ0v) is 25.8. The minimum atomic E-state index is -4.18. The van der Waals surface area contributed by atoms with Gasteiger partial charge in [0.15, 0.2) is 11.5 Å². The molecule has 0 aromatic heterocycles. The number of hydrogen-bond donors (Lipinski definition) is 1. The average molecular weight is 596 g/mol. The summed E-state index contributed by atoms with van der Waals surface area (Å²) >= 11 is 0. The maximum Gasteiger partial charge on any atom is 0.264 e. The molecular weight excluding hydrogens is 554 g/mol. The van der Waals surface area contributed by atoms with E-state index in [0.29, 0.717) is 30.9 Å². The molecule has 3 rings (SSSR count). The number of carbonyl (C=O) groups is 2. The number of hydrogen-bond acceptors (Lipinski definition) is 6. The molecule has 9 nitrogen and oxygen atoms in total. The summed E-state index contributed by atoms with van der Waals surface area (Å²) in [5, 5.41) is 2.94. The van der Waals surface area contributed by atoms with Crippen LogP contribution in [0.2, 0.25) is 0 Å². The summed E-state index contributed by atoms with van der Waals surface area (Å²) in [7, 11) is -1.24. The smallest absolute Gasteiger partial charge is 0.264 e. The van der Waals surface area contributed by atoms with Gasteiger partial charge in [-0.15, -0.1) is 0 Å². The van der Waals surface area contributed by atoms with Crippen molar-refractivity contribution in [3.63, 3.8) is 0 Å². The lowest BCUT2D eigenvalue weighted by molar-refractivity contribution is -0.139. The minimum Gasteiger partial charge on any atom is -0.493 e. The Kier molecular flexibility index (Phi) is 11.8. The molecule has 0 unspecified atom stereocenters. The van der Waals surface area contributed by atoms with Crippen molar-refractivity contribution in [1.82, 2.24) is 10.2 Å². The van der Waals surface area contributed by atoms with Crippen molar-refractivity contribution in [2.24, 2.45) is 5.92 Å². The zero-order chi connectivity index (χ0) is 30.7. The summed E-state index contributed by atoms with van der Waals surface area (Å²) in [4.78, 5) is 29.0. The maximum absolute atomic E-state index is 14.1. The highest BCUT2D eigenvalue weighted by Gasteiger charge is 2.33. The number of amides is 2. The summed E-state index contributed by atoms with van der Waals surface area (Å²) in [5.41, 5.74) is 1.23. The molecule has 0 aliphatic rings. The third-order valence-electron chi connectivity index (χ3n) is 6.82. The molecule has 0 heterocycles. The van der Waals surface area contributed by atoms with Crippen LogP contribution in [0.1, 0.15) is 32.8 Å². The predicted octanol–water partition coefficient (Wildman–Crippen LogP) is 4.52. The highest BCUT2D eigenvalue weighted by atomic mass is 32.2. The van der Waals surface area contributed by atoms with E-state index in [2.05, 4.69) is 5.32 Å². The van der Waals surface area contributed by atoms with Crippen LogP contribution in [-0.2, 0) is 26.0 Å². The molecule has 42 heavy (non-hydrogen) atoms. The van der Waals surface area contributed by atoms with Gasteiger partial charge in [-0.05, 0) is 48.6 Å². The summed E-state index contributed by atoms with van der Waals surface area (Å²) < 4.78 is 39.8. The second kappa shape index (κ2) is 15.3. The maximum atomic E-state index is 14.1. The number of sulfonamides is 1. The van der Waals surface area contributed by atoms with Gasteiger partial charge in [-0.3, -0.25) is 13.9 Å². The minimum absolute atomic E-state index is 0.0325. The van der Waals surface area contributed by atoms with Crippen LogP contribution in [0, 0.1) is 5.92 Å². The Bertz CT molecular complexity index is 1410. The van der Waals surface area contributed by atoms with Crippen LogP contribution in [0.4, 0.5) is 5.69 Å². The normalized spacial score (nSPS) is 12.0. The van der Waals surface area contributed by atoms with Gasteiger partial charge in [-0.2, -0.15) is 0 Å². The molecule has 1 N–H and O–H groups in total. The number of ether oxygens (including phenoxy) is 2. The van der Waals surface area contributed by atoms with Crippen molar-refractivity contribution in [2.75, 3.05) is 38.2 Å². The molecule has 3 aromatic rings. The van der Waals surface area contributed by atoms with E-state index in [1.165, 1.54) is 37.3 Å². The molecule has 0 fully saturated rings. The van der Waals surface area contributed by atoms with Crippen molar-refractivity contribution in [3.05, 3.63) is 84.4 Å². The number of carbonyl (C=O) groups excluding carboxylic acids is 2. The van der Waals surface area contributed by atoms with Gasteiger partial charge in [0.25, 0.3) is 10.0 Å². The first-order valence-electron chi connectivity index (χ1n) is 14.0. The van der Waals surface area contributed by atoms with Crippen LogP contribution in [0.15, 0.2) is 83.8 Å². The van der Waals surface area contributed by atoms with Gasteiger partial charge in [-0.1, -0.05) is 69.3 Å². The SMILES string of the molecule is CC[C@H](C(=O)NCC(C)C)N(CCc1ccccc1)C(=O)CN(c1ccc(OC)c(OC)c1)S(=O)(=O)c1ccccc1. The fourth-order valence-electron chi connectivity index (χ4n) is 4.55. The topological polar surface area (TPSA) is 105 Å². The third-order valence-corrected chi connectivity index (χ3v) is 8.61. The first-order valence-corrected chi connectivity index (χ1v) is 15.5. The van der Waals surface area contributed by atoms with E-state index in [1.807, 2.05) is 51.1 Å². The summed E-state index contributed by atoms with van der Waals surface area (Å²) in [6, 6.07) is 21.5. The second-order valence-corrected chi connectivity index (χ2v) is 12.1. The van der Waals surface area contributed by atoms with Crippen LogP contribution in [0.5, 0.6) is 11.5 Å². The first-order chi connectivity index (χ1) is 20.1. The van der Waals surface area contributed by atoms with Crippen molar-refractivity contribution < 1.29 is 27.5 Å². The molecule has 0 aliphatic carbocycles. The number of nitrogens with one attached hydrogen (secondary N) is 1. The Morgan fingerprint density at radius 3 is 2.07 bits per heavy atom. The van der Waals surface area contributed by atoms with Crippen LogP contribution in [-0.4, -0.2) is 65.0 Å². The molecule has 1 atom stereocenters. The molecule has 0 aliphatic heterocycles. The molecule has 3 aromatic carbocycles. The standard InChI is InChI=1S/C32H41N3O6S/c1-6-28(32(37)33-22-24(2)3)34(20-19-25-13-9-7-10-14-25)31(36)23-35(42(38,39)27-15-11-8-12-16-27)26-17-18-29(40-4)30(21-26)41-5/h7-18,21,24,28H,6,19-20,22-23H2,1-5H3,(H,33,37)/t28-/m1/s1. The van der Waals surface area contributed by atoms with Crippen molar-refractivity contribution in [2.45, 2.75) is 44.6 Å². The zero-order valence-electron chi connectivity index (χ0n) is 24.9. The molecule has 0 saturated heterocycles. The fraction of sp³-hybridized carbons (Fsp3) is 0.375. The molecule has 0 radical (unpaired) electrons. The van der Waals surface area contributed by atoms with E-state index in [1.54, 1.807) is 30.3 Å². The number of rotatable bonds is 15. The van der Waals surface area contributed by atoms with Crippen LogP contribution in [0.25, 0.3) is 0 Å². The molecule has 226 valence electrons. The quantitative estimate of drug-likeness (QED) is 0.277. The van der Waals surface area contributed by atoms with Gasteiger partial charge in [0.05, 0.1) is 24.8 Å². The Balaban J connectivity index is 2.04. The molecule has 0 saturated carbocycles. The van der Waals surface area contributed by atoms with E-state index >= 15 is 0 Å². The van der Waals surface area contributed by atoms with E-state index in [0.717, 1.165) is 9.87 Å². The molecule has 0 bridgehead atoms. The highest BCUT2D eigenvalue weighted by Crippen LogP contribution is 2.34. The van der Waals surface area contributed by atoms with Gasteiger partial charge in [-0.25, -0.2) is 8.42 Å². The second-order valence-electron chi connectivity index (χ2n) is 10.2. The summed E-state index contributed by atoms with van der Waals surface area (Å²) in [6.07, 6.45) is 0.870. The van der Waals surface area contributed by atoms with Crippen molar-refractivity contribution in [3.8, 4) is 11.5 Å². The largest absolute Gasteiger partial charge is 0.493 e. The fourth-order valence-corrected chi connectivity index (χ4v) is 5.97. The van der Waals surface area contributed by atoms with Crippen LogP contribution in [0.3, 0.4) is 0 Å². The van der Waals surface area contributed by atoms with Gasteiger partial charge < -0.3 is 19.7 Å². The Morgan fingerprint density at radius 1 is 0.881 bits per heavy atom. The van der Waals surface area contributed by atoms with Crippen molar-refractivity contribution >= 4 is 27.5 Å². The van der Waals surface area contributed by atoms with Gasteiger partial charge in [0.2, 0.25) is 11.8 Å². The van der Waals surface area contributed by atoms with Gasteiger partial charge in [0, 0.05) is 19.2 Å². The summed E-state index contributed by atoms with van der Waals surface area (Å²) in [5.74, 6) is 0.206. The van der Waals surface area contributed by atoms with Crippen molar-refractivity contribution in [1.29, 1.82) is 0 Å². The van der Waals surface area contributed by atoms with Gasteiger partial charge >= 0.3 is 0 Å². The van der Waals surface area contributed by atoms with E-state index in [-0.39, 0.29) is 29.0 Å². The number of benzene rings is 3. The lowest BCUT2D eigenvalue weighted by Crippen LogP contribution is -2.53. The third kappa shape index (κ3) is 8.25. The predicted molar refractivity (Wildman–Crippen MR) is 164 cm³/mol. The Morgan fingerprint density at radius 2 is 1.50 bits per heavy atom. The molecule has 0 spiro atoms. The summed E-state index contributed by atoms with van der Waals surface area (Å²) in [6.45, 7) is 6.02. The van der Waals surface area contributed by atoms with E-state index in [9.17, 15) is 18.0 Å². The molecule has 2 amide bonds. The number of methoxy groups -OCH3 is 2.